The highest BCUT2D eigenvalue weighted by atomic mass is 19.4. The summed E-state index contributed by atoms with van der Waals surface area (Å²) in [5.74, 6) is -0.325. The summed E-state index contributed by atoms with van der Waals surface area (Å²) in [7, 11) is 1.76. The first-order valence-corrected chi connectivity index (χ1v) is 9.83. The van der Waals surface area contributed by atoms with Gasteiger partial charge < -0.3 is 20.3 Å². The molecule has 0 spiro atoms. The van der Waals surface area contributed by atoms with E-state index in [0.29, 0.717) is 11.6 Å². The zero-order valence-corrected chi connectivity index (χ0v) is 16.9. The van der Waals surface area contributed by atoms with Gasteiger partial charge >= 0.3 is 6.36 Å². The van der Waals surface area contributed by atoms with E-state index in [1.807, 2.05) is 0 Å². The molecule has 2 amide bonds. The number of carbonyl (C=O) groups is 2. The molecule has 29 heavy (non-hydrogen) atoms. The lowest BCUT2D eigenvalue weighted by Crippen LogP contribution is -3.15. The third-order valence-electron chi connectivity index (χ3n) is 5.38. The van der Waals surface area contributed by atoms with Crippen molar-refractivity contribution < 1.29 is 32.4 Å². The number of hydrogen-bond donors (Lipinski definition) is 3. The van der Waals surface area contributed by atoms with Crippen LogP contribution >= 0.6 is 0 Å². The molecule has 3 N–H and O–H groups in total. The van der Waals surface area contributed by atoms with Crippen molar-refractivity contribution in [2.45, 2.75) is 58.0 Å². The number of likely N-dealkylation sites (N-methyl/N-ethyl adjacent to an activating group) is 1. The van der Waals surface area contributed by atoms with Gasteiger partial charge in [0.1, 0.15) is 5.75 Å². The first-order valence-electron chi connectivity index (χ1n) is 9.83. The highest BCUT2D eigenvalue weighted by Crippen LogP contribution is 2.24. The Morgan fingerprint density at radius 3 is 2.41 bits per heavy atom. The number of carbonyl (C=O) groups excluding carboxylic acids is 2. The summed E-state index contributed by atoms with van der Waals surface area (Å²) in [5.41, 5.74) is 0.352. The van der Waals surface area contributed by atoms with Gasteiger partial charge in [0.2, 0.25) is 0 Å². The number of alkyl halides is 3. The van der Waals surface area contributed by atoms with Gasteiger partial charge in [-0.15, -0.1) is 13.2 Å². The molecular weight excluding hydrogens is 387 g/mol. The number of ether oxygens (including phenoxy) is 1. The van der Waals surface area contributed by atoms with E-state index in [-0.39, 0.29) is 30.2 Å². The minimum absolute atomic E-state index is 0.0512. The van der Waals surface area contributed by atoms with Gasteiger partial charge in [0, 0.05) is 11.7 Å². The monoisotopic (exact) mass is 416 g/mol. The SMILES string of the molecule is C[C@@H]1CCCC[C@@H]1NC(=O)[C@@H](C)[NH+](C)CC(=O)Nc1ccc(OC(F)(F)F)cc1. The second-order valence-corrected chi connectivity index (χ2v) is 7.74. The van der Waals surface area contributed by atoms with Crippen molar-refractivity contribution in [1.82, 2.24) is 5.32 Å². The van der Waals surface area contributed by atoms with Crippen molar-refractivity contribution in [3.63, 3.8) is 0 Å². The molecule has 2 rings (SSSR count). The maximum absolute atomic E-state index is 12.5. The quantitative estimate of drug-likeness (QED) is 0.638. The molecule has 1 aromatic carbocycles. The number of quaternary nitrogens is 1. The second-order valence-electron chi connectivity index (χ2n) is 7.74. The lowest BCUT2D eigenvalue weighted by Gasteiger charge is -2.31. The standard InChI is InChI=1S/C20H28F3N3O3/c1-13-6-4-5-7-17(13)25-19(28)14(2)26(3)12-18(27)24-15-8-10-16(11-9-15)29-20(21,22)23/h8-11,13-14,17H,4-7,12H2,1-3H3,(H,24,27)(H,25,28)/p+1/t13-,14-,17+/m1/s1. The molecule has 1 saturated carbocycles. The molecule has 0 saturated heterocycles. The van der Waals surface area contributed by atoms with Crippen LogP contribution in [0.2, 0.25) is 0 Å². The summed E-state index contributed by atoms with van der Waals surface area (Å²) in [6.45, 7) is 3.97. The molecule has 0 heterocycles. The van der Waals surface area contributed by atoms with E-state index in [1.54, 1.807) is 14.0 Å². The Morgan fingerprint density at radius 2 is 1.83 bits per heavy atom. The molecule has 0 aliphatic heterocycles. The van der Waals surface area contributed by atoms with E-state index in [4.69, 9.17) is 0 Å². The van der Waals surface area contributed by atoms with E-state index >= 15 is 0 Å². The molecule has 1 aliphatic carbocycles. The van der Waals surface area contributed by atoms with Gasteiger partial charge in [-0.1, -0.05) is 19.8 Å². The zero-order chi connectivity index (χ0) is 21.6. The molecular formula is C20H29F3N3O3+. The lowest BCUT2D eigenvalue weighted by atomic mass is 9.86. The molecule has 1 aromatic rings. The van der Waals surface area contributed by atoms with Gasteiger partial charge in [-0.3, -0.25) is 9.59 Å². The predicted molar refractivity (Wildman–Crippen MR) is 103 cm³/mol. The molecule has 9 heteroatoms. The number of rotatable bonds is 7. The van der Waals surface area contributed by atoms with E-state index < -0.39 is 12.4 Å². The molecule has 0 radical (unpaired) electrons. The van der Waals surface area contributed by atoms with Crippen LogP contribution < -0.4 is 20.3 Å². The molecule has 1 fully saturated rings. The normalized spacial score (nSPS) is 21.7. The Balaban J connectivity index is 1.82. The first-order chi connectivity index (χ1) is 13.5. The average molecular weight is 416 g/mol. The van der Waals surface area contributed by atoms with Gasteiger partial charge in [0.05, 0.1) is 7.05 Å². The number of amides is 2. The summed E-state index contributed by atoms with van der Waals surface area (Å²) in [6, 6.07) is 4.68. The smallest absolute Gasteiger partial charge is 0.406 e. The van der Waals surface area contributed by atoms with Crippen molar-refractivity contribution in [3.8, 4) is 5.75 Å². The molecule has 6 nitrogen and oxygen atoms in total. The summed E-state index contributed by atoms with van der Waals surface area (Å²) in [4.78, 5) is 25.5. The van der Waals surface area contributed by atoms with Gasteiger partial charge in [-0.25, -0.2) is 0 Å². The maximum Gasteiger partial charge on any atom is 0.573 e. The van der Waals surface area contributed by atoms with Crippen molar-refractivity contribution in [3.05, 3.63) is 24.3 Å². The third-order valence-corrected chi connectivity index (χ3v) is 5.38. The summed E-state index contributed by atoms with van der Waals surface area (Å²) < 4.78 is 40.3. The van der Waals surface area contributed by atoms with Crippen LogP contribution in [0, 0.1) is 5.92 Å². The minimum Gasteiger partial charge on any atom is -0.406 e. The molecule has 0 aromatic heterocycles. The van der Waals surface area contributed by atoms with Crippen LogP contribution in [-0.4, -0.2) is 43.9 Å². The Kier molecular flexibility index (Phi) is 7.89. The van der Waals surface area contributed by atoms with Crippen LogP contribution in [0.5, 0.6) is 5.75 Å². The highest BCUT2D eigenvalue weighted by Gasteiger charge is 2.31. The van der Waals surface area contributed by atoms with Crippen LogP contribution in [0.25, 0.3) is 0 Å². The average Bonchev–Trinajstić information content (AvgIpc) is 2.63. The predicted octanol–water partition coefficient (Wildman–Crippen LogP) is 2.12. The van der Waals surface area contributed by atoms with Crippen LogP contribution in [0.3, 0.4) is 0 Å². The van der Waals surface area contributed by atoms with E-state index in [2.05, 4.69) is 22.3 Å². The van der Waals surface area contributed by atoms with Crippen molar-refractivity contribution in [2.24, 2.45) is 5.92 Å². The fourth-order valence-electron chi connectivity index (χ4n) is 3.41. The molecule has 1 unspecified atom stereocenters. The molecule has 4 atom stereocenters. The Morgan fingerprint density at radius 1 is 1.21 bits per heavy atom. The van der Waals surface area contributed by atoms with Crippen molar-refractivity contribution >= 4 is 17.5 Å². The van der Waals surface area contributed by atoms with Crippen LogP contribution in [-0.2, 0) is 9.59 Å². The largest absolute Gasteiger partial charge is 0.573 e. The summed E-state index contributed by atoms with van der Waals surface area (Å²) in [5, 5.41) is 5.72. The van der Waals surface area contributed by atoms with Crippen molar-refractivity contribution in [2.75, 3.05) is 18.9 Å². The van der Waals surface area contributed by atoms with Gasteiger partial charge in [0.15, 0.2) is 12.6 Å². The molecule has 0 bridgehead atoms. The minimum atomic E-state index is -4.76. The van der Waals surface area contributed by atoms with Crippen LogP contribution in [0.15, 0.2) is 24.3 Å². The number of hydrogen-bond acceptors (Lipinski definition) is 3. The van der Waals surface area contributed by atoms with Gasteiger partial charge in [-0.2, -0.15) is 0 Å². The first kappa shape index (κ1) is 23.0. The van der Waals surface area contributed by atoms with Crippen LogP contribution in [0.4, 0.5) is 18.9 Å². The lowest BCUT2D eigenvalue weighted by molar-refractivity contribution is -0.885. The number of halogens is 3. The Labute approximate surface area is 168 Å². The van der Waals surface area contributed by atoms with Crippen LogP contribution in [0.1, 0.15) is 39.5 Å². The van der Waals surface area contributed by atoms with Gasteiger partial charge in [0.25, 0.3) is 11.8 Å². The topological polar surface area (TPSA) is 71.9 Å². The van der Waals surface area contributed by atoms with E-state index in [0.717, 1.165) is 36.3 Å². The maximum atomic E-state index is 12.5. The van der Waals surface area contributed by atoms with Crippen molar-refractivity contribution in [1.29, 1.82) is 0 Å². The molecule has 1 aliphatic rings. The van der Waals surface area contributed by atoms with E-state index in [1.165, 1.54) is 18.6 Å². The Bertz CT molecular complexity index is 694. The number of nitrogens with one attached hydrogen (secondary N) is 3. The number of anilines is 1. The second kappa shape index (κ2) is 9.96. The molecule has 162 valence electrons. The Hall–Kier alpha value is -2.29. The zero-order valence-electron chi connectivity index (χ0n) is 16.9. The van der Waals surface area contributed by atoms with Gasteiger partial charge in [-0.05, 0) is 49.9 Å². The fraction of sp³-hybridized carbons (Fsp3) is 0.600. The highest BCUT2D eigenvalue weighted by molar-refractivity contribution is 5.91. The summed E-state index contributed by atoms with van der Waals surface area (Å²) in [6.07, 6.45) is -0.368. The number of benzene rings is 1. The fourth-order valence-corrected chi connectivity index (χ4v) is 3.41. The van der Waals surface area contributed by atoms with E-state index in [9.17, 15) is 22.8 Å². The summed E-state index contributed by atoms with van der Waals surface area (Å²) >= 11 is 0. The third kappa shape index (κ3) is 7.56.